The molecule has 0 aliphatic rings. The summed E-state index contributed by atoms with van der Waals surface area (Å²) >= 11 is 0. The zero-order chi connectivity index (χ0) is 18.8. The molecule has 0 spiro atoms. The summed E-state index contributed by atoms with van der Waals surface area (Å²) in [6.07, 6.45) is 0. The lowest BCUT2D eigenvalue weighted by Gasteiger charge is -2.20. The molecule has 4 N–H and O–H groups in total. The number of carbonyl (C=O) groups excluding carboxylic acids is 2. The summed E-state index contributed by atoms with van der Waals surface area (Å²) < 4.78 is 0. The molecule has 0 atom stereocenters. The second-order valence-corrected chi connectivity index (χ2v) is 5.63. The highest BCUT2D eigenvalue weighted by atomic mass is 16.7. The van der Waals surface area contributed by atoms with Crippen molar-refractivity contribution in [2.75, 3.05) is 18.8 Å². The predicted octanol–water partition coefficient (Wildman–Crippen LogP) is 2.05. The van der Waals surface area contributed by atoms with E-state index in [4.69, 9.17) is 10.6 Å². The molecular formula is C19H24N4O3. The summed E-state index contributed by atoms with van der Waals surface area (Å²) in [5.41, 5.74) is 8.16. The first-order valence-corrected chi connectivity index (χ1v) is 8.41. The van der Waals surface area contributed by atoms with E-state index in [0.717, 1.165) is 11.1 Å². The van der Waals surface area contributed by atoms with Gasteiger partial charge in [0.1, 0.15) is 13.2 Å². The van der Waals surface area contributed by atoms with Crippen molar-refractivity contribution in [2.45, 2.75) is 20.1 Å². The van der Waals surface area contributed by atoms with Crippen LogP contribution in [0.2, 0.25) is 0 Å². The van der Waals surface area contributed by atoms with Gasteiger partial charge in [0.25, 0.3) is 5.91 Å². The molecule has 26 heavy (non-hydrogen) atoms. The van der Waals surface area contributed by atoms with Crippen molar-refractivity contribution >= 4 is 17.6 Å². The maximum Gasteiger partial charge on any atom is 0.315 e. The lowest BCUT2D eigenvalue weighted by atomic mass is 10.2. The summed E-state index contributed by atoms with van der Waals surface area (Å²) in [5, 5.41) is 6.46. The maximum atomic E-state index is 12.2. The van der Waals surface area contributed by atoms with Crippen molar-refractivity contribution in [3.63, 3.8) is 0 Å². The molecule has 7 nitrogen and oxygen atoms in total. The van der Waals surface area contributed by atoms with Gasteiger partial charge in [-0.25, -0.2) is 9.86 Å². The van der Waals surface area contributed by atoms with E-state index >= 15 is 0 Å². The van der Waals surface area contributed by atoms with E-state index in [1.807, 2.05) is 49.4 Å². The number of likely N-dealkylation sites (N-methyl/N-ethyl adjacent to an activating group) is 1. The molecule has 0 radical (unpaired) electrons. The van der Waals surface area contributed by atoms with Gasteiger partial charge in [-0.3, -0.25) is 9.63 Å². The Labute approximate surface area is 153 Å². The number of hydrogen-bond acceptors (Lipinski definition) is 4. The molecule has 0 heterocycles. The van der Waals surface area contributed by atoms with Crippen LogP contribution in [0.1, 0.15) is 18.1 Å². The molecule has 0 unspecified atom stereocenters. The molecule has 0 aromatic heterocycles. The Balaban J connectivity index is 1.71. The summed E-state index contributed by atoms with van der Waals surface area (Å²) in [5.74, 6) is -0.314. The van der Waals surface area contributed by atoms with E-state index in [-0.39, 0.29) is 12.5 Å². The molecule has 3 amide bonds. The van der Waals surface area contributed by atoms with Gasteiger partial charge in [-0.1, -0.05) is 42.5 Å². The van der Waals surface area contributed by atoms with Crippen LogP contribution in [0.15, 0.2) is 54.6 Å². The zero-order valence-corrected chi connectivity index (χ0v) is 14.8. The molecule has 0 aliphatic heterocycles. The van der Waals surface area contributed by atoms with E-state index in [9.17, 15) is 9.59 Å². The Morgan fingerprint density at radius 1 is 1.00 bits per heavy atom. The van der Waals surface area contributed by atoms with Crippen molar-refractivity contribution in [2.24, 2.45) is 0 Å². The van der Waals surface area contributed by atoms with Crippen molar-refractivity contribution in [3.05, 3.63) is 65.7 Å². The number of nitrogen functional groups attached to an aromatic ring is 1. The number of nitrogens with one attached hydrogen (secondary N) is 2. The van der Waals surface area contributed by atoms with E-state index < -0.39 is 6.03 Å². The van der Waals surface area contributed by atoms with Crippen LogP contribution in [-0.4, -0.2) is 30.1 Å². The second-order valence-electron chi connectivity index (χ2n) is 5.63. The minimum absolute atomic E-state index is 0.143. The first-order chi connectivity index (χ1) is 12.6. The maximum absolute atomic E-state index is 12.2. The minimum Gasteiger partial charge on any atom is -0.399 e. The van der Waals surface area contributed by atoms with Gasteiger partial charge in [-0.15, -0.1) is 0 Å². The Morgan fingerprint density at radius 3 is 2.35 bits per heavy atom. The number of amides is 3. The van der Waals surface area contributed by atoms with Gasteiger partial charge in [0.15, 0.2) is 0 Å². The number of rotatable bonds is 8. The van der Waals surface area contributed by atoms with E-state index in [1.165, 1.54) is 5.06 Å². The highest BCUT2D eigenvalue weighted by molar-refractivity contribution is 5.83. The molecule has 2 aromatic rings. The fourth-order valence-corrected chi connectivity index (χ4v) is 2.19. The highest BCUT2D eigenvalue weighted by Crippen LogP contribution is 2.05. The summed E-state index contributed by atoms with van der Waals surface area (Å²) in [7, 11) is 0. The van der Waals surface area contributed by atoms with Gasteiger partial charge in [-0.2, -0.15) is 0 Å². The third-order valence-electron chi connectivity index (χ3n) is 3.63. The minimum atomic E-state index is -0.422. The predicted molar refractivity (Wildman–Crippen MR) is 99.7 cm³/mol. The second kappa shape index (κ2) is 10.0. The lowest BCUT2D eigenvalue weighted by Crippen LogP contribution is -2.43. The van der Waals surface area contributed by atoms with E-state index in [0.29, 0.717) is 25.4 Å². The van der Waals surface area contributed by atoms with Crippen LogP contribution in [0.25, 0.3) is 0 Å². The SMILES string of the molecule is CCN(OCc1ccccc1)C(=O)CNC(=O)NCc1ccc(N)cc1. The number of benzene rings is 2. The van der Waals surface area contributed by atoms with Gasteiger partial charge >= 0.3 is 6.03 Å². The Kier molecular flexibility index (Phi) is 7.45. The smallest absolute Gasteiger partial charge is 0.315 e. The average Bonchev–Trinajstić information content (AvgIpc) is 2.67. The third kappa shape index (κ3) is 6.45. The van der Waals surface area contributed by atoms with Gasteiger partial charge in [0.05, 0.1) is 0 Å². The summed E-state index contributed by atoms with van der Waals surface area (Å²) in [4.78, 5) is 29.5. The molecule has 2 aromatic carbocycles. The average molecular weight is 356 g/mol. The van der Waals surface area contributed by atoms with Crippen molar-refractivity contribution in [1.29, 1.82) is 0 Å². The quantitative estimate of drug-likeness (QED) is 0.498. The van der Waals surface area contributed by atoms with Crippen LogP contribution < -0.4 is 16.4 Å². The van der Waals surface area contributed by atoms with Crippen LogP contribution in [0.3, 0.4) is 0 Å². The monoisotopic (exact) mass is 356 g/mol. The van der Waals surface area contributed by atoms with Crippen molar-refractivity contribution in [1.82, 2.24) is 15.7 Å². The van der Waals surface area contributed by atoms with Crippen LogP contribution in [-0.2, 0) is 22.8 Å². The van der Waals surface area contributed by atoms with E-state index in [1.54, 1.807) is 12.1 Å². The molecule has 0 aliphatic carbocycles. The number of hydrogen-bond donors (Lipinski definition) is 3. The van der Waals surface area contributed by atoms with Crippen LogP contribution in [0, 0.1) is 0 Å². The normalized spacial score (nSPS) is 10.2. The van der Waals surface area contributed by atoms with Crippen LogP contribution >= 0.6 is 0 Å². The number of urea groups is 1. The zero-order valence-electron chi connectivity index (χ0n) is 14.8. The molecular weight excluding hydrogens is 332 g/mol. The molecule has 7 heteroatoms. The fraction of sp³-hybridized carbons (Fsp3) is 0.263. The molecule has 0 fully saturated rings. The molecule has 2 rings (SSSR count). The number of nitrogens with zero attached hydrogens (tertiary/aromatic N) is 1. The highest BCUT2D eigenvalue weighted by Gasteiger charge is 2.13. The molecule has 0 saturated heterocycles. The van der Waals surface area contributed by atoms with Crippen LogP contribution in [0.4, 0.5) is 10.5 Å². The number of carbonyl (C=O) groups is 2. The van der Waals surface area contributed by atoms with Crippen molar-refractivity contribution < 1.29 is 14.4 Å². The summed E-state index contributed by atoms with van der Waals surface area (Å²) in [6, 6.07) is 16.3. The lowest BCUT2D eigenvalue weighted by molar-refractivity contribution is -0.188. The summed E-state index contributed by atoms with van der Waals surface area (Å²) in [6.45, 7) is 2.70. The fourth-order valence-electron chi connectivity index (χ4n) is 2.19. The van der Waals surface area contributed by atoms with Gasteiger partial charge < -0.3 is 16.4 Å². The number of hydroxylamine groups is 2. The van der Waals surface area contributed by atoms with E-state index in [2.05, 4.69) is 10.6 Å². The number of nitrogens with two attached hydrogens (primary N) is 1. The van der Waals surface area contributed by atoms with Crippen LogP contribution in [0.5, 0.6) is 0 Å². The Hall–Kier alpha value is -3.06. The Bertz CT molecular complexity index is 704. The van der Waals surface area contributed by atoms with Gasteiger partial charge in [-0.05, 0) is 30.2 Å². The Morgan fingerprint density at radius 2 is 1.69 bits per heavy atom. The van der Waals surface area contributed by atoms with Gasteiger partial charge in [0.2, 0.25) is 0 Å². The standard InChI is InChI=1S/C19H24N4O3/c1-2-23(26-14-16-6-4-3-5-7-16)18(24)13-22-19(25)21-12-15-8-10-17(20)11-9-15/h3-11H,2,12-14,20H2,1H3,(H2,21,22,25). The largest absolute Gasteiger partial charge is 0.399 e. The van der Waals surface area contributed by atoms with Gasteiger partial charge in [0, 0.05) is 18.8 Å². The molecule has 0 bridgehead atoms. The number of anilines is 1. The molecule has 0 saturated carbocycles. The van der Waals surface area contributed by atoms with Crippen molar-refractivity contribution in [3.8, 4) is 0 Å². The first-order valence-electron chi connectivity index (χ1n) is 8.41. The first kappa shape index (κ1) is 19.3. The third-order valence-corrected chi connectivity index (χ3v) is 3.63. The topological polar surface area (TPSA) is 96.7 Å². The molecule has 138 valence electrons.